The highest BCUT2D eigenvalue weighted by molar-refractivity contribution is 6.30. The molecule has 1 aromatic carbocycles. The fourth-order valence-electron chi connectivity index (χ4n) is 1.62. The Bertz CT molecular complexity index is 525. The van der Waals surface area contributed by atoms with E-state index < -0.39 is 0 Å². The van der Waals surface area contributed by atoms with Crippen LogP contribution in [0.15, 0.2) is 48.8 Å². The molecule has 1 amide bonds. The Morgan fingerprint density at radius 1 is 1.17 bits per heavy atom. The van der Waals surface area contributed by atoms with Crippen LogP contribution in [0.4, 0.5) is 0 Å². The molecule has 0 radical (unpaired) electrons. The Labute approximate surface area is 111 Å². The lowest BCUT2D eigenvalue weighted by molar-refractivity contribution is 0.0940. The van der Waals surface area contributed by atoms with Gasteiger partial charge in [0.2, 0.25) is 0 Å². The van der Waals surface area contributed by atoms with Crippen LogP contribution in [0.2, 0.25) is 5.02 Å². The van der Waals surface area contributed by atoms with Crippen LogP contribution in [0.1, 0.15) is 28.9 Å². The SMILES string of the molecule is CC(NC(=O)c1ccncc1)c1ccc(Cl)cc1. The summed E-state index contributed by atoms with van der Waals surface area (Å²) in [5, 5.41) is 3.61. The second kappa shape index (κ2) is 5.65. The van der Waals surface area contributed by atoms with Gasteiger partial charge in [-0.15, -0.1) is 0 Å². The van der Waals surface area contributed by atoms with Crippen LogP contribution in [0, 0.1) is 0 Å². The summed E-state index contributed by atoms with van der Waals surface area (Å²) in [5.74, 6) is -0.111. The van der Waals surface area contributed by atoms with Crippen LogP contribution in [-0.4, -0.2) is 10.9 Å². The van der Waals surface area contributed by atoms with Crippen molar-refractivity contribution in [1.29, 1.82) is 0 Å². The molecule has 2 aromatic rings. The van der Waals surface area contributed by atoms with E-state index in [1.54, 1.807) is 24.5 Å². The Balaban J connectivity index is 2.06. The monoisotopic (exact) mass is 260 g/mol. The molecule has 1 atom stereocenters. The molecule has 1 N–H and O–H groups in total. The topological polar surface area (TPSA) is 42.0 Å². The van der Waals surface area contributed by atoms with Gasteiger partial charge in [-0.2, -0.15) is 0 Å². The summed E-state index contributed by atoms with van der Waals surface area (Å²) in [4.78, 5) is 15.8. The van der Waals surface area contributed by atoms with Gasteiger partial charge in [-0.1, -0.05) is 23.7 Å². The first-order valence-corrected chi connectivity index (χ1v) is 6.01. The van der Waals surface area contributed by atoms with E-state index >= 15 is 0 Å². The van der Waals surface area contributed by atoms with Gasteiger partial charge in [-0.3, -0.25) is 9.78 Å². The molecular weight excluding hydrogens is 248 g/mol. The summed E-state index contributed by atoms with van der Waals surface area (Å²) in [6, 6.07) is 10.7. The van der Waals surface area contributed by atoms with E-state index in [2.05, 4.69) is 10.3 Å². The molecule has 0 aliphatic carbocycles. The van der Waals surface area contributed by atoms with Gasteiger partial charge in [0.25, 0.3) is 5.91 Å². The minimum atomic E-state index is -0.111. The van der Waals surface area contributed by atoms with Crippen LogP contribution in [0.3, 0.4) is 0 Å². The lowest BCUT2D eigenvalue weighted by atomic mass is 10.1. The molecule has 0 spiro atoms. The predicted molar refractivity (Wildman–Crippen MR) is 71.6 cm³/mol. The Kier molecular flexibility index (Phi) is 3.95. The van der Waals surface area contributed by atoms with Crippen molar-refractivity contribution < 1.29 is 4.79 Å². The van der Waals surface area contributed by atoms with E-state index in [-0.39, 0.29) is 11.9 Å². The number of amides is 1. The standard InChI is InChI=1S/C14H13ClN2O/c1-10(11-2-4-13(15)5-3-11)17-14(18)12-6-8-16-9-7-12/h2-10H,1H3,(H,17,18). The average molecular weight is 261 g/mol. The summed E-state index contributed by atoms with van der Waals surface area (Å²) < 4.78 is 0. The molecule has 3 nitrogen and oxygen atoms in total. The van der Waals surface area contributed by atoms with Gasteiger partial charge < -0.3 is 5.32 Å². The first kappa shape index (κ1) is 12.6. The number of rotatable bonds is 3. The van der Waals surface area contributed by atoms with E-state index in [9.17, 15) is 4.79 Å². The van der Waals surface area contributed by atoms with E-state index in [0.717, 1.165) is 5.56 Å². The second-order valence-electron chi connectivity index (χ2n) is 3.98. The molecule has 0 saturated heterocycles. The van der Waals surface area contributed by atoms with Crippen LogP contribution in [0.25, 0.3) is 0 Å². The van der Waals surface area contributed by atoms with Crippen LogP contribution >= 0.6 is 11.6 Å². The quantitative estimate of drug-likeness (QED) is 0.921. The highest BCUT2D eigenvalue weighted by Crippen LogP contribution is 2.16. The number of carbonyl (C=O) groups excluding carboxylic acids is 1. The average Bonchev–Trinajstić information content (AvgIpc) is 2.40. The number of benzene rings is 1. The maximum atomic E-state index is 11.9. The molecule has 92 valence electrons. The molecule has 0 bridgehead atoms. The number of carbonyl (C=O) groups is 1. The zero-order valence-corrected chi connectivity index (χ0v) is 10.7. The Morgan fingerprint density at radius 3 is 2.39 bits per heavy atom. The number of halogens is 1. The third-order valence-electron chi connectivity index (χ3n) is 2.66. The van der Waals surface area contributed by atoms with Crippen molar-refractivity contribution in [3.8, 4) is 0 Å². The predicted octanol–water partition coefficient (Wildman–Crippen LogP) is 3.23. The van der Waals surface area contributed by atoms with Gasteiger partial charge in [-0.25, -0.2) is 0 Å². The second-order valence-corrected chi connectivity index (χ2v) is 4.42. The van der Waals surface area contributed by atoms with Crippen LogP contribution in [-0.2, 0) is 0 Å². The van der Waals surface area contributed by atoms with E-state index in [1.807, 2.05) is 31.2 Å². The number of hydrogen-bond donors (Lipinski definition) is 1. The summed E-state index contributed by atoms with van der Waals surface area (Å²) in [7, 11) is 0. The van der Waals surface area contributed by atoms with E-state index in [1.165, 1.54) is 0 Å². The highest BCUT2D eigenvalue weighted by Gasteiger charge is 2.10. The maximum Gasteiger partial charge on any atom is 0.251 e. The first-order chi connectivity index (χ1) is 8.66. The molecule has 0 aliphatic heterocycles. The Hall–Kier alpha value is -1.87. The van der Waals surface area contributed by atoms with Gasteiger partial charge in [0, 0.05) is 23.0 Å². The normalized spacial score (nSPS) is 11.9. The van der Waals surface area contributed by atoms with Crippen LogP contribution in [0.5, 0.6) is 0 Å². The molecule has 1 unspecified atom stereocenters. The minimum Gasteiger partial charge on any atom is -0.346 e. The smallest absolute Gasteiger partial charge is 0.251 e. The van der Waals surface area contributed by atoms with Gasteiger partial charge in [-0.05, 0) is 36.8 Å². The Morgan fingerprint density at radius 2 is 1.78 bits per heavy atom. The van der Waals surface area contributed by atoms with Crippen molar-refractivity contribution in [2.24, 2.45) is 0 Å². The molecular formula is C14H13ClN2O. The van der Waals surface area contributed by atoms with Gasteiger partial charge in [0.1, 0.15) is 0 Å². The van der Waals surface area contributed by atoms with E-state index in [0.29, 0.717) is 10.6 Å². The fraction of sp³-hybridized carbons (Fsp3) is 0.143. The minimum absolute atomic E-state index is 0.0667. The number of hydrogen-bond acceptors (Lipinski definition) is 2. The molecule has 1 heterocycles. The maximum absolute atomic E-state index is 11.9. The molecule has 0 aliphatic rings. The van der Waals surface area contributed by atoms with Crippen molar-refractivity contribution >= 4 is 17.5 Å². The molecule has 1 aromatic heterocycles. The van der Waals surface area contributed by atoms with Gasteiger partial charge >= 0.3 is 0 Å². The summed E-state index contributed by atoms with van der Waals surface area (Å²) in [6.07, 6.45) is 3.20. The van der Waals surface area contributed by atoms with Crippen molar-refractivity contribution in [2.45, 2.75) is 13.0 Å². The molecule has 4 heteroatoms. The largest absolute Gasteiger partial charge is 0.346 e. The zero-order valence-electron chi connectivity index (χ0n) is 9.93. The highest BCUT2D eigenvalue weighted by atomic mass is 35.5. The first-order valence-electron chi connectivity index (χ1n) is 5.63. The third-order valence-corrected chi connectivity index (χ3v) is 2.91. The lowest BCUT2D eigenvalue weighted by Gasteiger charge is -2.14. The zero-order chi connectivity index (χ0) is 13.0. The summed E-state index contributed by atoms with van der Waals surface area (Å²) >= 11 is 5.82. The fourth-order valence-corrected chi connectivity index (χ4v) is 1.74. The lowest BCUT2D eigenvalue weighted by Crippen LogP contribution is -2.26. The van der Waals surface area contributed by atoms with Crippen molar-refractivity contribution in [3.05, 3.63) is 64.9 Å². The number of nitrogens with one attached hydrogen (secondary N) is 1. The van der Waals surface area contributed by atoms with Crippen molar-refractivity contribution in [1.82, 2.24) is 10.3 Å². The van der Waals surface area contributed by atoms with Gasteiger partial charge in [0.05, 0.1) is 6.04 Å². The number of aromatic nitrogens is 1. The van der Waals surface area contributed by atoms with Crippen molar-refractivity contribution in [3.63, 3.8) is 0 Å². The van der Waals surface area contributed by atoms with Crippen molar-refractivity contribution in [2.75, 3.05) is 0 Å². The summed E-state index contributed by atoms with van der Waals surface area (Å²) in [5.41, 5.74) is 1.62. The number of nitrogens with zero attached hydrogens (tertiary/aromatic N) is 1. The molecule has 2 rings (SSSR count). The van der Waals surface area contributed by atoms with Crippen LogP contribution < -0.4 is 5.32 Å². The van der Waals surface area contributed by atoms with E-state index in [4.69, 9.17) is 11.6 Å². The molecule has 0 saturated carbocycles. The van der Waals surface area contributed by atoms with Gasteiger partial charge in [0.15, 0.2) is 0 Å². The summed E-state index contributed by atoms with van der Waals surface area (Å²) in [6.45, 7) is 1.93. The third kappa shape index (κ3) is 3.08. The molecule has 18 heavy (non-hydrogen) atoms. The number of pyridine rings is 1. The molecule has 0 fully saturated rings.